The van der Waals surface area contributed by atoms with Crippen LogP contribution in [0.25, 0.3) is 0 Å². The number of aliphatic hydroxyl groups excluding tert-OH is 1. The van der Waals surface area contributed by atoms with Gasteiger partial charge < -0.3 is 45.2 Å². The molecular weight excluding hydrogens is 859 g/mol. The number of nitrogens with one attached hydrogen (secondary N) is 2. The third-order valence-electron chi connectivity index (χ3n) is 4.14. The molecule has 52 heavy (non-hydrogen) atoms. The summed E-state index contributed by atoms with van der Waals surface area (Å²) in [7, 11) is -5.50. The van der Waals surface area contributed by atoms with Crippen molar-refractivity contribution in [1.29, 1.82) is 10.8 Å². The first-order valence-electron chi connectivity index (χ1n) is 12.6. The van der Waals surface area contributed by atoms with Crippen LogP contribution in [0.4, 0.5) is 26.3 Å². The molecule has 0 fully saturated rings. The van der Waals surface area contributed by atoms with Gasteiger partial charge in [0, 0.05) is 45.9 Å². The van der Waals surface area contributed by atoms with E-state index in [1.807, 2.05) is 0 Å². The number of nitrogens with zero attached hydrogens (tertiary/aromatic N) is 4. The number of hydrogen-bond donors (Lipinski definition) is 5. The van der Waals surface area contributed by atoms with Crippen molar-refractivity contribution in [3.63, 3.8) is 0 Å². The van der Waals surface area contributed by atoms with Gasteiger partial charge >= 0.3 is 42.5 Å². The molecule has 17 nitrogen and oxygen atoms in total. The molecule has 0 saturated heterocycles. The number of oxime groups is 2. The monoisotopic (exact) mass is 888 g/mol. The van der Waals surface area contributed by atoms with E-state index >= 15 is 0 Å². The molecule has 0 heterocycles. The van der Waals surface area contributed by atoms with Gasteiger partial charge in [-0.3, -0.25) is 0 Å². The second kappa shape index (κ2) is 25.5. The third-order valence-corrected chi connectivity index (χ3v) is 5.93. The van der Waals surface area contributed by atoms with Crippen molar-refractivity contribution in [2.75, 3.05) is 34.8 Å². The van der Waals surface area contributed by atoms with Crippen LogP contribution in [-0.4, -0.2) is 110 Å². The predicted octanol–water partition coefficient (Wildman–Crippen LogP) is 3.05. The average Bonchev–Trinajstić information content (AvgIpc) is 2.98. The summed E-state index contributed by atoms with van der Waals surface area (Å²) in [6.45, 7) is 1.93. The zero-order chi connectivity index (χ0) is 41.0. The molecule has 292 valence electrons. The number of amidine groups is 4. The van der Waals surface area contributed by atoms with Crippen molar-refractivity contribution in [3.8, 4) is 0 Å². The van der Waals surface area contributed by atoms with E-state index in [-0.39, 0.29) is 49.8 Å². The van der Waals surface area contributed by atoms with Crippen molar-refractivity contribution in [2.45, 2.75) is 17.9 Å². The van der Waals surface area contributed by atoms with E-state index in [1.165, 1.54) is 9.80 Å². The second-order valence-corrected chi connectivity index (χ2v) is 12.2. The van der Waals surface area contributed by atoms with Crippen LogP contribution in [0.3, 0.4) is 0 Å². The van der Waals surface area contributed by atoms with E-state index in [4.69, 9.17) is 86.2 Å². The Labute approximate surface area is 317 Å². The van der Waals surface area contributed by atoms with Gasteiger partial charge in [0.05, 0.1) is 10.0 Å². The van der Waals surface area contributed by atoms with Crippen molar-refractivity contribution in [3.05, 3.63) is 69.7 Å². The fourth-order valence-electron chi connectivity index (χ4n) is 1.78. The molecule has 0 spiro atoms. The van der Waals surface area contributed by atoms with Gasteiger partial charge in [-0.05, 0) is 31.2 Å². The summed E-state index contributed by atoms with van der Waals surface area (Å²) < 4.78 is 118. The van der Waals surface area contributed by atoms with E-state index < -0.39 is 31.3 Å². The molecule has 7 N–H and O–H groups in total. The quantitative estimate of drug-likeness (QED) is 0.0562. The largest absolute Gasteiger partial charge is 2.00 e. The maximum absolute atomic E-state index is 10.7. The minimum absolute atomic E-state index is 0. The zero-order valence-corrected chi connectivity index (χ0v) is 33.6. The van der Waals surface area contributed by atoms with Gasteiger partial charge in [0.2, 0.25) is 0 Å². The molecule has 2 aromatic carbocycles. The van der Waals surface area contributed by atoms with Crippen LogP contribution in [0.2, 0.25) is 10.0 Å². The Balaban J connectivity index is -0.000000299. The number of aliphatic hydroxyl groups is 1. The molecule has 0 bridgehead atoms. The Morgan fingerprint density at radius 2 is 0.962 bits per heavy atom. The summed E-state index contributed by atoms with van der Waals surface area (Å²) in [5, 5.41) is 30.5. The number of nitrogens with two attached hydrogens (primary N) is 2. The minimum atomic E-state index is -6.09. The summed E-state index contributed by atoms with van der Waals surface area (Å²) in [6.07, 6.45) is 0. The second-order valence-electron chi connectivity index (χ2n) is 8.61. The Bertz CT molecular complexity index is 1570. The van der Waals surface area contributed by atoms with Gasteiger partial charge in [0.15, 0.2) is 31.9 Å². The summed E-state index contributed by atoms with van der Waals surface area (Å²) in [5.41, 5.74) is 1.21. The first-order chi connectivity index (χ1) is 23.0. The smallest absolute Gasteiger partial charge is 0.741 e. The molecule has 0 saturated carbocycles. The molecule has 0 aliphatic carbocycles. The van der Waals surface area contributed by atoms with Crippen LogP contribution in [0.5, 0.6) is 0 Å². The first kappa shape index (κ1) is 55.2. The van der Waals surface area contributed by atoms with E-state index in [0.717, 1.165) is 0 Å². The maximum Gasteiger partial charge on any atom is 2.00 e. The van der Waals surface area contributed by atoms with E-state index in [1.54, 1.807) is 83.6 Å². The molecular formula is C24H32Cl2F6N8O9S2Zn. The average molecular weight is 891 g/mol. The standard InChI is InChI=1S/2C10H13ClN4O.C2H6O.2CHF3O3S.Zn/c2*1-15(2)10(13)16-14-9(12)7-5-3-4-6-8(7)11;1-2-3;2*2-1(3,4)8(5,6)7;/h2*3-6,13H,1-2H3,(H2,12,14);3H,2H2,1H3;2*(H,5,6,7);/q;;;;;+2/p-2. The molecule has 2 rings (SSSR count). The summed E-state index contributed by atoms with van der Waals surface area (Å²) in [4.78, 5) is 12.5. The summed E-state index contributed by atoms with van der Waals surface area (Å²) >= 11 is 11.8. The molecule has 28 heteroatoms. The Kier molecular flexibility index (Phi) is 27.0. The van der Waals surface area contributed by atoms with Crippen molar-refractivity contribution in [1.82, 2.24) is 9.80 Å². The maximum atomic E-state index is 10.7. The number of alkyl halides is 6. The normalized spacial score (nSPS) is 11.5. The number of rotatable bonds is 4. The first-order valence-corrected chi connectivity index (χ1v) is 16.2. The van der Waals surface area contributed by atoms with Crippen LogP contribution < -0.4 is 11.5 Å². The number of halogens is 8. The molecule has 0 radical (unpaired) electrons. The summed E-state index contributed by atoms with van der Waals surface area (Å²) in [6, 6.07) is 13.8. The Morgan fingerprint density at radius 3 is 1.13 bits per heavy atom. The zero-order valence-electron chi connectivity index (χ0n) is 27.5. The minimum Gasteiger partial charge on any atom is -0.741 e. The topological polar surface area (TPSA) is 284 Å². The van der Waals surface area contributed by atoms with Gasteiger partial charge in [-0.1, -0.05) is 57.8 Å². The number of hydrogen-bond acceptors (Lipinski definition) is 13. The fraction of sp³-hybridized carbons (Fsp3) is 0.333. The van der Waals surface area contributed by atoms with Crippen LogP contribution in [0.15, 0.2) is 58.8 Å². The SMILES string of the molecule is CCO.CN(C)C(=N)O/N=C(\N)c1ccccc1Cl.CN(C)C(=N)O/N=C(\N)c1ccccc1Cl.O=S(=O)([O-])C(F)(F)F.O=S(=O)([O-])C(F)(F)F.[Zn+2]. The van der Waals surface area contributed by atoms with Gasteiger partial charge in [0.25, 0.3) is 0 Å². The third kappa shape index (κ3) is 24.6. The molecule has 0 amide bonds. The Hall–Kier alpha value is -3.52. The van der Waals surface area contributed by atoms with Gasteiger partial charge in [-0.25, -0.2) is 27.7 Å². The molecule has 2 aromatic rings. The van der Waals surface area contributed by atoms with Crippen LogP contribution in [0.1, 0.15) is 18.1 Å². The predicted molar refractivity (Wildman–Crippen MR) is 174 cm³/mol. The van der Waals surface area contributed by atoms with Crippen molar-refractivity contribution >= 4 is 67.2 Å². The molecule has 0 aromatic heterocycles. The van der Waals surface area contributed by atoms with E-state index in [0.29, 0.717) is 21.2 Å². The van der Waals surface area contributed by atoms with Gasteiger partial charge in [-0.15, -0.1) is 0 Å². The Morgan fingerprint density at radius 1 is 0.750 bits per heavy atom. The fourth-order valence-corrected chi connectivity index (χ4v) is 2.25. The van der Waals surface area contributed by atoms with Crippen LogP contribution in [-0.2, 0) is 49.4 Å². The molecule has 0 unspecified atom stereocenters. The van der Waals surface area contributed by atoms with Crippen LogP contribution in [0, 0.1) is 10.8 Å². The van der Waals surface area contributed by atoms with E-state index in [9.17, 15) is 26.3 Å². The van der Waals surface area contributed by atoms with Crippen molar-refractivity contribution < 1.29 is 86.5 Å². The number of benzene rings is 2. The molecule has 0 aliphatic heterocycles. The van der Waals surface area contributed by atoms with Crippen LogP contribution >= 0.6 is 23.2 Å². The summed E-state index contributed by atoms with van der Waals surface area (Å²) in [5.74, 6) is 0.273. The van der Waals surface area contributed by atoms with Gasteiger partial charge in [0.1, 0.15) is 0 Å². The molecule has 0 atom stereocenters. The molecule has 0 aliphatic rings. The van der Waals surface area contributed by atoms with Crippen molar-refractivity contribution in [2.24, 2.45) is 21.8 Å². The van der Waals surface area contributed by atoms with E-state index in [2.05, 4.69) is 10.3 Å². The van der Waals surface area contributed by atoms with Gasteiger partial charge in [-0.2, -0.15) is 26.3 Å².